The number of amides is 3. The number of halogens is 2. The summed E-state index contributed by atoms with van der Waals surface area (Å²) in [6, 6.07) is 14.5. The highest BCUT2D eigenvalue weighted by Gasteiger charge is 2.50. The van der Waals surface area contributed by atoms with E-state index in [-0.39, 0.29) is 5.91 Å². The second-order valence-electron chi connectivity index (χ2n) is 8.81. The van der Waals surface area contributed by atoms with Crippen molar-refractivity contribution in [2.45, 2.75) is 25.3 Å². The number of carbonyl (C=O) groups excluding carboxylic acids is 2. The van der Waals surface area contributed by atoms with Crippen LogP contribution in [0, 0.1) is 0 Å². The van der Waals surface area contributed by atoms with Gasteiger partial charge in [0.15, 0.2) is 18.2 Å². The highest BCUT2D eigenvalue weighted by atomic mass is 35.5. The lowest BCUT2D eigenvalue weighted by Gasteiger charge is -2.40. The van der Waals surface area contributed by atoms with Crippen molar-refractivity contribution >= 4 is 41.1 Å². The van der Waals surface area contributed by atoms with E-state index in [9.17, 15) is 9.59 Å². The van der Waals surface area contributed by atoms with Gasteiger partial charge in [0.05, 0.1) is 0 Å². The molecule has 0 aliphatic carbocycles. The minimum absolute atomic E-state index is 0.335. The minimum atomic E-state index is -0.599. The zero-order valence-corrected chi connectivity index (χ0v) is 20.3. The number of hydrogen-bond acceptors (Lipinski definition) is 6. The zero-order chi connectivity index (χ0) is 23.8. The van der Waals surface area contributed by atoms with Gasteiger partial charge in [-0.2, -0.15) is 0 Å². The number of piperazine rings is 1. The SMILES string of the molecule is CN1C(=O)NC(=O)C2C1N=C(N1CCN(Cc3cccc(Cl)c3)CC1)N2Cc1ccccc1Cl. The minimum Gasteiger partial charge on any atom is -0.340 e. The lowest BCUT2D eigenvalue weighted by atomic mass is 10.1. The van der Waals surface area contributed by atoms with Gasteiger partial charge in [-0.3, -0.25) is 15.0 Å². The van der Waals surface area contributed by atoms with Gasteiger partial charge in [0.1, 0.15) is 0 Å². The summed E-state index contributed by atoms with van der Waals surface area (Å²) in [4.78, 5) is 38.1. The van der Waals surface area contributed by atoms with E-state index in [0.717, 1.165) is 49.3 Å². The lowest BCUT2D eigenvalue weighted by Crippen LogP contribution is -2.64. The molecule has 10 heteroatoms. The molecule has 2 atom stereocenters. The predicted molar refractivity (Wildman–Crippen MR) is 132 cm³/mol. The second-order valence-corrected chi connectivity index (χ2v) is 9.65. The van der Waals surface area contributed by atoms with Crippen LogP contribution in [0.2, 0.25) is 10.0 Å². The Bertz CT molecular complexity index is 1130. The third-order valence-electron chi connectivity index (χ3n) is 6.59. The van der Waals surface area contributed by atoms with E-state index in [0.29, 0.717) is 11.6 Å². The summed E-state index contributed by atoms with van der Waals surface area (Å²) in [5.74, 6) is 0.396. The molecule has 1 N–H and O–H groups in total. The van der Waals surface area contributed by atoms with Crippen molar-refractivity contribution in [2.75, 3.05) is 33.2 Å². The Morgan fingerprint density at radius 2 is 1.76 bits per heavy atom. The molecule has 0 bridgehead atoms. The van der Waals surface area contributed by atoms with Crippen LogP contribution in [-0.2, 0) is 17.9 Å². The van der Waals surface area contributed by atoms with Crippen LogP contribution in [0.25, 0.3) is 0 Å². The highest BCUT2D eigenvalue weighted by Crippen LogP contribution is 2.29. The van der Waals surface area contributed by atoms with Gasteiger partial charge in [0.25, 0.3) is 5.91 Å². The van der Waals surface area contributed by atoms with E-state index in [2.05, 4.69) is 21.2 Å². The summed E-state index contributed by atoms with van der Waals surface area (Å²) in [7, 11) is 1.67. The van der Waals surface area contributed by atoms with Crippen LogP contribution < -0.4 is 5.32 Å². The maximum Gasteiger partial charge on any atom is 0.325 e. The summed E-state index contributed by atoms with van der Waals surface area (Å²) in [5, 5.41) is 3.83. The number of nitrogens with one attached hydrogen (secondary N) is 1. The number of nitrogens with zero attached hydrogens (tertiary/aromatic N) is 5. The van der Waals surface area contributed by atoms with Crippen molar-refractivity contribution in [3.05, 3.63) is 69.7 Å². The van der Waals surface area contributed by atoms with Gasteiger partial charge >= 0.3 is 6.03 Å². The Morgan fingerprint density at radius 3 is 2.50 bits per heavy atom. The number of carbonyl (C=O) groups is 2. The number of benzene rings is 2. The Labute approximate surface area is 208 Å². The molecule has 34 heavy (non-hydrogen) atoms. The Morgan fingerprint density at radius 1 is 1.00 bits per heavy atom. The van der Waals surface area contributed by atoms with E-state index >= 15 is 0 Å². The molecule has 0 aromatic heterocycles. The van der Waals surface area contributed by atoms with Gasteiger partial charge < -0.3 is 14.7 Å². The zero-order valence-electron chi connectivity index (χ0n) is 18.8. The quantitative estimate of drug-likeness (QED) is 0.698. The molecule has 2 unspecified atom stereocenters. The van der Waals surface area contributed by atoms with Crippen molar-refractivity contribution in [2.24, 2.45) is 4.99 Å². The van der Waals surface area contributed by atoms with Gasteiger partial charge in [-0.15, -0.1) is 0 Å². The molecule has 0 radical (unpaired) electrons. The number of urea groups is 1. The molecular weight excluding hydrogens is 475 g/mol. The smallest absolute Gasteiger partial charge is 0.325 e. The van der Waals surface area contributed by atoms with E-state index in [4.69, 9.17) is 28.2 Å². The molecule has 0 saturated carbocycles. The Balaban J connectivity index is 1.35. The van der Waals surface area contributed by atoms with Crippen molar-refractivity contribution in [3.63, 3.8) is 0 Å². The Kier molecular flexibility index (Phi) is 6.38. The molecule has 3 aliphatic heterocycles. The largest absolute Gasteiger partial charge is 0.340 e. The van der Waals surface area contributed by atoms with Gasteiger partial charge in [-0.25, -0.2) is 9.79 Å². The molecule has 2 aromatic carbocycles. The third kappa shape index (κ3) is 4.45. The number of likely N-dealkylation sites (N-methyl/N-ethyl adjacent to an activating group) is 1. The third-order valence-corrected chi connectivity index (χ3v) is 7.19. The number of aliphatic imine (C=N–C) groups is 1. The van der Waals surface area contributed by atoms with Crippen molar-refractivity contribution in [3.8, 4) is 0 Å². The van der Waals surface area contributed by atoms with Crippen LogP contribution in [0.3, 0.4) is 0 Å². The number of imide groups is 1. The maximum absolute atomic E-state index is 12.9. The first-order chi connectivity index (χ1) is 16.4. The van der Waals surface area contributed by atoms with Gasteiger partial charge in [-0.1, -0.05) is 53.5 Å². The summed E-state index contributed by atoms with van der Waals surface area (Å²) in [6.45, 7) is 4.48. The number of fused-ring (bicyclic) bond motifs is 1. The van der Waals surface area contributed by atoms with Crippen molar-refractivity contribution in [1.82, 2.24) is 24.9 Å². The molecular formula is C24H26Cl2N6O2. The van der Waals surface area contributed by atoms with E-state index < -0.39 is 18.2 Å². The topological polar surface area (TPSA) is 71.5 Å². The van der Waals surface area contributed by atoms with E-state index in [1.165, 1.54) is 10.5 Å². The Hall–Kier alpha value is -2.81. The second kappa shape index (κ2) is 9.44. The molecule has 3 heterocycles. The molecule has 2 fully saturated rings. The molecule has 5 rings (SSSR count). The summed E-state index contributed by atoms with van der Waals surface area (Å²) in [6.07, 6.45) is -0.566. The van der Waals surface area contributed by atoms with Crippen molar-refractivity contribution < 1.29 is 9.59 Å². The van der Waals surface area contributed by atoms with Crippen molar-refractivity contribution in [1.29, 1.82) is 0 Å². The predicted octanol–water partition coefficient (Wildman–Crippen LogP) is 2.86. The van der Waals surface area contributed by atoms with Crippen LogP contribution in [0.1, 0.15) is 11.1 Å². The van der Waals surface area contributed by atoms with Crippen LogP contribution >= 0.6 is 23.2 Å². The summed E-state index contributed by atoms with van der Waals surface area (Å²) in [5.41, 5.74) is 2.09. The highest BCUT2D eigenvalue weighted by molar-refractivity contribution is 6.31. The number of guanidine groups is 1. The van der Waals surface area contributed by atoms with Gasteiger partial charge in [0.2, 0.25) is 0 Å². The monoisotopic (exact) mass is 500 g/mol. The molecule has 2 saturated heterocycles. The molecule has 0 spiro atoms. The van der Waals surface area contributed by atoms with E-state index in [1.807, 2.05) is 47.4 Å². The van der Waals surface area contributed by atoms with Crippen LogP contribution in [-0.4, -0.2) is 82.9 Å². The fraction of sp³-hybridized carbons (Fsp3) is 0.375. The fourth-order valence-electron chi connectivity index (χ4n) is 4.75. The van der Waals surface area contributed by atoms with E-state index in [1.54, 1.807) is 7.05 Å². The maximum atomic E-state index is 12.9. The fourth-order valence-corrected chi connectivity index (χ4v) is 5.16. The molecule has 3 amide bonds. The average Bonchev–Trinajstić information content (AvgIpc) is 3.19. The average molecular weight is 501 g/mol. The normalized spacial score (nSPS) is 23.1. The summed E-state index contributed by atoms with van der Waals surface area (Å²) < 4.78 is 0. The number of rotatable bonds is 4. The first-order valence-electron chi connectivity index (χ1n) is 11.3. The first kappa shape index (κ1) is 23.0. The molecule has 3 aliphatic rings. The van der Waals surface area contributed by atoms with Gasteiger partial charge in [-0.05, 0) is 29.3 Å². The summed E-state index contributed by atoms with van der Waals surface area (Å²) >= 11 is 12.6. The van der Waals surface area contributed by atoms with Crippen LogP contribution in [0.5, 0.6) is 0 Å². The van der Waals surface area contributed by atoms with Crippen LogP contribution in [0.4, 0.5) is 4.79 Å². The van der Waals surface area contributed by atoms with Gasteiger partial charge in [0, 0.05) is 56.4 Å². The standard InChI is InChI=1S/C24H26Cl2N6O2/c1-29-21-20(22(33)28-24(29)34)32(15-17-6-2-3-8-19(17)26)23(27-21)31-11-9-30(10-12-31)14-16-5-4-7-18(25)13-16/h2-8,13,20-21H,9-12,14-15H2,1H3,(H,28,33,34). The van der Waals surface area contributed by atoms with Crippen LogP contribution in [0.15, 0.2) is 53.5 Å². The first-order valence-corrected chi connectivity index (χ1v) is 12.0. The molecule has 2 aromatic rings. The lowest BCUT2D eigenvalue weighted by molar-refractivity contribution is -0.127. The number of hydrogen-bond donors (Lipinski definition) is 1. The molecule has 8 nitrogen and oxygen atoms in total. The molecule has 178 valence electrons.